The molecular weight excluding hydrogens is 326 g/mol. The zero-order chi connectivity index (χ0) is 15.4. The van der Waals surface area contributed by atoms with Crippen LogP contribution in [0.1, 0.15) is 25.3 Å². The number of nitrogens with zero attached hydrogens (tertiary/aromatic N) is 2. The van der Waals surface area contributed by atoms with Crippen molar-refractivity contribution < 1.29 is 0 Å². The Morgan fingerprint density at radius 3 is 2.67 bits per heavy atom. The van der Waals surface area contributed by atoms with Crippen LogP contribution in [-0.2, 0) is 6.42 Å². The van der Waals surface area contributed by atoms with Crippen molar-refractivity contribution in [2.75, 3.05) is 38.6 Å². The van der Waals surface area contributed by atoms with E-state index in [1.54, 1.807) is 0 Å². The molecule has 1 aliphatic heterocycles. The van der Waals surface area contributed by atoms with Crippen molar-refractivity contribution in [2.24, 2.45) is 11.7 Å². The molecule has 1 aromatic carbocycles. The molecule has 21 heavy (non-hydrogen) atoms. The van der Waals surface area contributed by atoms with Crippen LogP contribution in [0.15, 0.2) is 22.7 Å². The minimum Gasteiger partial charge on any atom is -0.374 e. The fourth-order valence-electron chi connectivity index (χ4n) is 3.14. The summed E-state index contributed by atoms with van der Waals surface area (Å²) in [6.45, 7) is 5.66. The molecule has 1 aliphatic rings. The van der Waals surface area contributed by atoms with Crippen LogP contribution in [-0.4, -0.2) is 44.7 Å². The summed E-state index contributed by atoms with van der Waals surface area (Å²) in [5.41, 5.74) is 8.67. The maximum absolute atomic E-state index is 6.00. The molecule has 0 bridgehead atoms. The summed E-state index contributed by atoms with van der Waals surface area (Å²) in [7, 11) is 4.43. The average molecular weight is 354 g/mol. The molecule has 1 fully saturated rings. The standard InChI is InChI=1S/C17H28BrN3/c1-13(19)10-15-4-5-16(18)11-17(15)21(3)12-14-6-8-20(2)9-7-14/h4-5,11,13-14H,6-10,12,19H2,1-3H3. The largest absolute Gasteiger partial charge is 0.374 e. The lowest BCUT2D eigenvalue weighted by molar-refractivity contribution is 0.222. The van der Waals surface area contributed by atoms with E-state index in [0.29, 0.717) is 0 Å². The van der Waals surface area contributed by atoms with E-state index < -0.39 is 0 Å². The molecule has 2 rings (SSSR count). The summed E-state index contributed by atoms with van der Waals surface area (Å²) >= 11 is 3.60. The van der Waals surface area contributed by atoms with Gasteiger partial charge >= 0.3 is 0 Å². The number of nitrogens with two attached hydrogens (primary N) is 1. The molecule has 1 unspecified atom stereocenters. The van der Waals surface area contributed by atoms with Gasteiger partial charge in [-0.15, -0.1) is 0 Å². The number of benzene rings is 1. The second kappa shape index (κ2) is 7.61. The third-order valence-corrected chi connectivity index (χ3v) is 4.86. The molecular formula is C17H28BrN3. The zero-order valence-corrected chi connectivity index (χ0v) is 15.1. The van der Waals surface area contributed by atoms with Gasteiger partial charge in [0.2, 0.25) is 0 Å². The molecule has 0 amide bonds. The number of piperidine rings is 1. The normalized spacial score (nSPS) is 18.7. The Bertz CT molecular complexity index is 453. The Hall–Kier alpha value is -0.580. The van der Waals surface area contributed by atoms with Crippen molar-refractivity contribution in [3.8, 4) is 0 Å². The fraction of sp³-hybridized carbons (Fsp3) is 0.647. The Morgan fingerprint density at radius 2 is 2.05 bits per heavy atom. The summed E-state index contributed by atoms with van der Waals surface area (Å²) < 4.78 is 1.14. The maximum atomic E-state index is 6.00. The first kappa shape index (κ1) is 16.8. The topological polar surface area (TPSA) is 32.5 Å². The first-order chi connectivity index (χ1) is 9.95. The minimum absolute atomic E-state index is 0.196. The predicted octanol–water partition coefficient (Wildman–Crippen LogP) is 3.12. The molecule has 0 spiro atoms. The third kappa shape index (κ3) is 4.97. The van der Waals surface area contributed by atoms with Crippen molar-refractivity contribution in [3.63, 3.8) is 0 Å². The first-order valence-electron chi connectivity index (χ1n) is 7.89. The van der Waals surface area contributed by atoms with Gasteiger partial charge in [-0.3, -0.25) is 0 Å². The minimum atomic E-state index is 0.196. The molecule has 0 radical (unpaired) electrons. The Labute approximate surface area is 137 Å². The highest BCUT2D eigenvalue weighted by atomic mass is 79.9. The summed E-state index contributed by atoms with van der Waals surface area (Å²) in [5.74, 6) is 0.799. The van der Waals surface area contributed by atoms with Crippen LogP contribution in [0, 0.1) is 5.92 Å². The molecule has 1 saturated heterocycles. The molecule has 3 nitrogen and oxygen atoms in total. The Kier molecular flexibility index (Phi) is 6.08. The molecule has 118 valence electrons. The van der Waals surface area contributed by atoms with E-state index in [4.69, 9.17) is 5.73 Å². The van der Waals surface area contributed by atoms with Crippen molar-refractivity contribution >= 4 is 21.6 Å². The van der Waals surface area contributed by atoms with Crippen molar-refractivity contribution in [2.45, 2.75) is 32.2 Å². The van der Waals surface area contributed by atoms with Crippen LogP contribution in [0.25, 0.3) is 0 Å². The zero-order valence-electron chi connectivity index (χ0n) is 13.5. The van der Waals surface area contributed by atoms with Gasteiger partial charge in [-0.05, 0) is 69.9 Å². The van der Waals surface area contributed by atoms with E-state index in [2.05, 4.69) is 64.9 Å². The van der Waals surface area contributed by atoms with Crippen molar-refractivity contribution in [1.29, 1.82) is 0 Å². The lowest BCUT2D eigenvalue weighted by Crippen LogP contribution is -2.36. The van der Waals surface area contributed by atoms with Gasteiger partial charge in [0, 0.05) is 29.8 Å². The van der Waals surface area contributed by atoms with Crippen LogP contribution in [0.2, 0.25) is 0 Å². The Morgan fingerprint density at radius 1 is 1.38 bits per heavy atom. The number of hydrogen-bond donors (Lipinski definition) is 1. The highest BCUT2D eigenvalue weighted by molar-refractivity contribution is 9.10. The van der Waals surface area contributed by atoms with Gasteiger partial charge in [0.25, 0.3) is 0 Å². The summed E-state index contributed by atoms with van der Waals surface area (Å²) in [6.07, 6.45) is 3.54. The fourth-order valence-corrected chi connectivity index (χ4v) is 3.49. The monoisotopic (exact) mass is 353 g/mol. The third-order valence-electron chi connectivity index (χ3n) is 4.37. The van der Waals surface area contributed by atoms with Gasteiger partial charge < -0.3 is 15.5 Å². The van der Waals surface area contributed by atoms with Gasteiger partial charge in [-0.2, -0.15) is 0 Å². The molecule has 0 aliphatic carbocycles. The summed E-state index contributed by atoms with van der Waals surface area (Å²) in [6, 6.07) is 6.74. The number of likely N-dealkylation sites (tertiary alicyclic amines) is 1. The molecule has 0 saturated carbocycles. The van der Waals surface area contributed by atoms with Gasteiger partial charge in [-0.1, -0.05) is 22.0 Å². The lowest BCUT2D eigenvalue weighted by atomic mass is 9.96. The van der Waals surface area contributed by atoms with Crippen molar-refractivity contribution in [3.05, 3.63) is 28.2 Å². The lowest BCUT2D eigenvalue weighted by Gasteiger charge is -2.33. The van der Waals surface area contributed by atoms with Crippen LogP contribution in [0.3, 0.4) is 0 Å². The van der Waals surface area contributed by atoms with E-state index in [9.17, 15) is 0 Å². The summed E-state index contributed by atoms with van der Waals surface area (Å²) in [5, 5.41) is 0. The highest BCUT2D eigenvalue weighted by Crippen LogP contribution is 2.27. The molecule has 1 heterocycles. The van der Waals surface area contributed by atoms with Gasteiger partial charge in [0.1, 0.15) is 0 Å². The van der Waals surface area contributed by atoms with E-state index in [1.165, 1.54) is 37.2 Å². The molecule has 0 aromatic heterocycles. The number of rotatable bonds is 5. The molecule has 2 N–H and O–H groups in total. The Balaban J connectivity index is 2.06. The van der Waals surface area contributed by atoms with E-state index in [-0.39, 0.29) is 6.04 Å². The van der Waals surface area contributed by atoms with Crippen LogP contribution >= 0.6 is 15.9 Å². The highest BCUT2D eigenvalue weighted by Gasteiger charge is 2.19. The second-order valence-electron chi connectivity index (χ2n) is 6.58. The van der Waals surface area contributed by atoms with Crippen LogP contribution in [0.5, 0.6) is 0 Å². The average Bonchev–Trinajstić information content (AvgIpc) is 2.43. The quantitative estimate of drug-likeness (QED) is 0.882. The van der Waals surface area contributed by atoms with Crippen molar-refractivity contribution in [1.82, 2.24) is 4.90 Å². The molecule has 1 aromatic rings. The number of hydrogen-bond acceptors (Lipinski definition) is 3. The van der Waals surface area contributed by atoms with E-state index >= 15 is 0 Å². The number of anilines is 1. The maximum Gasteiger partial charge on any atom is 0.0408 e. The van der Waals surface area contributed by atoms with E-state index in [1.807, 2.05) is 0 Å². The number of halogens is 1. The van der Waals surface area contributed by atoms with Crippen LogP contribution in [0.4, 0.5) is 5.69 Å². The van der Waals surface area contributed by atoms with Gasteiger partial charge in [0.15, 0.2) is 0 Å². The van der Waals surface area contributed by atoms with Gasteiger partial charge in [-0.25, -0.2) is 0 Å². The predicted molar refractivity (Wildman–Crippen MR) is 95.0 cm³/mol. The molecule has 4 heteroatoms. The summed E-state index contributed by atoms with van der Waals surface area (Å²) in [4.78, 5) is 4.84. The smallest absolute Gasteiger partial charge is 0.0408 e. The molecule has 1 atom stereocenters. The van der Waals surface area contributed by atoms with Gasteiger partial charge in [0.05, 0.1) is 0 Å². The SMILES string of the molecule is CC(N)Cc1ccc(Br)cc1N(C)CC1CCN(C)CC1. The second-order valence-corrected chi connectivity index (χ2v) is 7.50. The van der Waals surface area contributed by atoms with Crippen LogP contribution < -0.4 is 10.6 Å². The first-order valence-corrected chi connectivity index (χ1v) is 8.68. The van der Waals surface area contributed by atoms with E-state index in [0.717, 1.165) is 23.4 Å².